The van der Waals surface area contributed by atoms with Crippen LogP contribution in [0.1, 0.15) is 25.7 Å². The molecule has 0 atom stereocenters. The highest BCUT2D eigenvalue weighted by atomic mass is 16.5. The van der Waals surface area contributed by atoms with E-state index in [0.29, 0.717) is 0 Å². The van der Waals surface area contributed by atoms with Gasteiger partial charge in [-0.15, -0.1) is 12.3 Å². The number of unbranched alkanes of at least 4 members (excludes halogenated alkanes) is 2. The van der Waals surface area contributed by atoms with Crippen LogP contribution in [0.3, 0.4) is 0 Å². The molecule has 0 N–H and O–H groups in total. The van der Waals surface area contributed by atoms with Crippen molar-refractivity contribution in [2.24, 2.45) is 4.99 Å². The standard InChI is InChI=1S/C9H13NO/c1-2-3-4-5-6-9-10-7-8-11-9/h1H,3-8H2. The first-order chi connectivity index (χ1) is 5.43. The largest absolute Gasteiger partial charge is 0.479 e. The van der Waals surface area contributed by atoms with Gasteiger partial charge in [0.15, 0.2) is 5.90 Å². The van der Waals surface area contributed by atoms with Gasteiger partial charge in [0.2, 0.25) is 0 Å². The van der Waals surface area contributed by atoms with Crippen LogP contribution >= 0.6 is 0 Å². The molecule has 0 aromatic heterocycles. The number of hydrogen-bond donors (Lipinski definition) is 0. The van der Waals surface area contributed by atoms with Crippen molar-refractivity contribution in [2.45, 2.75) is 25.7 Å². The molecule has 1 aliphatic rings. The van der Waals surface area contributed by atoms with Gasteiger partial charge in [0.05, 0.1) is 6.54 Å². The summed E-state index contributed by atoms with van der Waals surface area (Å²) in [7, 11) is 0. The molecule has 1 aliphatic heterocycles. The van der Waals surface area contributed by atoms with Crippen molar-refractivity contribution in [3.63, 3.8) is 0 Å². The Labute approximate surface area is 67.7 Å². The third-order valence-electron chi connectivity index (χ3n) is 1.61. The predicted molar refractivity (Wildman–Crippen MR) is 45.6 cm³/mol. The van der Waals surface area contributed by atoms with Gasteiger partial charge in [0.1, 0.15) is 6.61 Å². The summed E-state index contributed by atoms with van der Waals surface area (Å²) in [5, 5.41) is 0. The molecular formula is C9H13NO. The zero-order chi connectivity index (χ0) is 7.94. The molecule has 0 aliphatic carbocycles. The van der Waals surface area contributed by atoms with Crippen LogP contribution in [-0.4, -0.2) is 19.0 Å². The van der Waals surface area contributed by atoms with Crippen molar-refractivity contribution in [1.82, 2.24) is 0 Å². The Morgan fingerprint density at radius 3 is 3.09 bits per heavy atom. The molecule has 0 saturated carbocycles. The van der Waals surface area contributed by atoms with E-state index in [0.717, 1.165) is 44.7 Å². The van der Waals surface area contributed by atoms with Crippen LogP contribution in [0.2, 0.25) is 0 Å². The topological polar surface area (TPSA) is 21.6 Å². The van der Waals surface area contributed by atoms with Gasteiger partial charge < -0.3 is 4.74 Å². The molecule has 0 saturated heterocycles. The van der Waals surface area contributed by atoms with Crippen LogP contribution < -0.4 is 0 Å². The smallest absolute Gasteiger partial charge is 0.183 e. The van der Waals surface area contributed by atoms with E-state index >= 15 is 0 Å². The average molecular weight is 151 g/mol. The summed E-state index contributed by atoms with van der Waals surface area (Å²) < 4.78 is 5.23. The summed E-state index contributed by atoms with van der Waals surface area (Å²) in [6.45, 7) is 1.61. The van der Waals surface area contributed by atoms with Crippen molar-refractivity contribution >= 4 is 5.90 Å². The minimum atomic E-state index is 0.768. The fourth-order valence-corrected chi connectivity index (χ4v) is 1.03. The number of hydrogen-bond acceptors (Lipinski definition) is 2. The van der Waals surface area contributed by atoms with Gasteiger partial charge in [-0.05, 0) is 12.8 Å². The van der Waals surface area contributed by atoms with Gasteiger partial charge in [-0.2, -0.15) is 0 Å². The second-order valence-corrected chi connectivity index (χ2v) is 2.54. The fraction of sp³-hybridized carbons (Fsp3) is 0.667. The highest BCUT2D eigenvalue weighted by Gasteiger charge is 2.05. The number of aliphatic imine (C=N–C) groups is 1. The molecule has 0 aromatic carbocycles. The molecule has 0 bridgehead atoms. The van der Waals surface area contributed by atoms with Crippen molar-refractivity contribution in [3.05, 3.63) is 0 Å². The first kappa shape index (κ1) is 8.13. The SMILES string of the molecule is C#CCCCCC1=NCCO1. The molecular weight excluding hydrogens is 138 g/mol. The zero-order valence-corrected chi connectivity index (χ0v) is 6.68. The summed E-state index contributed by atoms with van der Waals surface area (Å²) in [5.41, 5.74) is 0. The average Bonchev–Trinajstić information content (AvgIpc) is 2.50. The minimum Gasteiger partial charge on any atom is -0.479 e. The van der Waals surface area contributed by atoms with E-state index in [1.165, 1.54) is 0 Å². The summed E-state index contributed by atoms with van der Waals surface area (Å²) in [5.74, 6) is 3.53. The van der Waals surface area contributed by atoms with Gasteiger partial charge in [0.25, 0.3) is 0 Å². The molecule has 11 heavy (non-hydrogen) atoms. The second kappa shape index (κ2) is 4.79. The Balaban J connectivity index is 1.99. The quantitative estimate of drug-likeness (QED) is 0.442. The lowest BCUT2D eigenvalue weighted by molar-refractivity contribution is 0.337. The molecule has 60 valence electrons. The van der Waals surface area contributed by atoms with Gasteiger partial charge in [-0.25, -0.2) is 0 Å². The highest BCUT2D eigenvalue weighted by molar-refractivity contribution is 5.77. The first-order valence-corrected chi connectivity index (χ1v) is 4.03. The lowest BCUT2D eigenvalue weighted by Gasteiger charge is -1.98. The van der Waals surface area contributed by atoms with Gasteiger partial charge in [0, 0.05) is 12.8 Å². The Morgan fingerprint density at radius 1 is 1.55 bits per heavy atom. The summed E-state index contributed by atoms with van der Waals surface area (Å²) in [4.78, 5) is 4.18. The summed E-state index contributed by atoms with van der Waals surface area (Å²) >= 11 is 0. The molecule has 2 heteroatoms. The van der Waals surface area contributed by atoms with Crippen LogP contribution in [0, 0.1) is 12.3 Å². The molecule has 0 fully saturated rings. The fourth-order valence-electron chi connectivity index (χ4n) is 1.03. The van der Waals surface area contributed by atoms with Gasteiger partial charge in [-0.1, -0.05) is 0 Å². The molecule has 0 spiro atoms. The Morgan fingerprint density at radius 2 is 2.45 bits per heavy atom. The number of ether oxygens (including phenoxy) is 1. The molecule has 0 amide bonds. The lowest BCUT2D eigenvalue weighted by atomic mass is 10.2. The second-order valence-electron chi connectivity index (χ2n) is 2.54. The van der Waals surface area contributed by atoms with Crippen molar-refractivity contribution in [3.8, 4) is 12.3 Å². The Hall–Kier alpha value is -0.970. The minimum absolute atomic E-state index is 0.768. The third kappa shape index (κ3) is 3.08. The predicted octanol–water partition coefficient (Wildman–Crippen LogP) is 1.61. The van der Waals surface area contributed by atoms with E-state index in [4.69, 9.17) is 11.2 Å². The van der Waals surface area contributed by atoms with E-state index < -0.39 is 0 Å². The van der Waals surface area contributed by atoms with Crippen LogP contribution in [-0.2, 0) is 4.74 Å². The van der Waals surface area contributed by atoms with Crippen LogP contribution in [0.25, 0.3) is 0 Å². The number of rotatable bonds is 4. The molecule has 0 aromatic rings. The zero-order valence-electron chi connectivity index (χ0n) is 6.68. The summed E-state index contributed by atoms with van der Waals surface area (Å²) in [6, 6.07) is 0. The Bertz CT molecular complexity index is 178. The van der Waals surface area contributed by atoms with Crippen molar-refractivity contribution in [2.75, 3.05) is 13.2 Å². The van der Waals surface area contributed by atoms with Crippen molar-refractivity contribution < 1.29 is 4.74 Å². The number of nitrogens with zero attached hydrogens (tertiary/aromatic N) is 1. The monoisotopic (exact) mass is 151 g/mol. The van der Waals surface area contributed by atoms with E-state index in [-0.39, 0.29) is 0 Å². The Kier molecular flexibility index (Phi) is 3.54. The number of terminal acetylenes is 1. The van der Waals surface area contributed by atoms with E-state index in [1.54, 1.807) is 0 Å². The highest BCUT2D eigenvalue weighted by Crippen LogP contribution is 2.05. The normalized spacial score (nSPS) is 15.4. The van der Waals surface area contributed by atoms with Crippen LogP contribution in [0.5, 0.6) is 0 Å². The first-order valence-electron chi connectivity index (χ1n) is 4.03. The molecule has 1 heterocycles. The maximum Gasteiger partial charge on any atom is 0.183 e. The van der Waals surface area contributed by atoms with Gasteiger partial charge >= 0.3 is 0 Å². The lowest BCUT2D eigenvalue weighted by Crippen LogP contribution is -1.97. The van der Waals surface area contributed by atoms with Crippen LogP contribution in [0.4, 0.5) is 0 Å². The van der Waals surface area contributed by atoms with Gasteiger partial charge in [-0.3, -0.25) is 4.99 Å². The maximum absolute atomic E-state index is 5.23. The molecule has 0 unspecified atom stereocenters. The van der Waals surface area contributed by atoms with Crippen LogP contribution in [0.15, 0.2) is 4.99 Å². The molecule has 1 rings (SSSR count). The van der Waals surface area contributed by atoms with E-state index in [2.05, 4.69) is 10.9 Å². The molecule has 2 nitrogen and oxygen atoms in total. The maximum atomic E-state index is 5.23. The van der Waals surface area contributed by atoms with E-state index in [1.807, 2.05) is 0 Å². The summed E-state index contributed by atoms with van der Waals surface area (Å²) in [6.07, 6.45) is 9.12. The third-order valence-corrected chi connectivity index (χ3v) is 1.61. The van der Waals surface area contributed by atoms with Crippen molar-refractivity contribution in [1.29, 1.82) is 0 Å². The molecule has 0 radical (unpaired) electrons. The van der Waals surface area contributed by atoms with E-state index in [9.17, 15) is 0 Å².